The minimum Gasteiger partial charge on any atom is -0.496 e. The van der Waals surface area contributed by atoms with Gasteiger partial charge in [-0.15, -0.1) is 0 Å². The molecule has 0 aliphatic heterocycles. The van der Waals surface area contributed by atoms with Crippen molar-refractivity contribution in [2.45, 2.75) is 38.0 Å². The number of aliphatic carboxylic acids is 1. The summed E-state index contributed by atoms with van der Waals surface area (Å²) in [6.45, 7) is 1.89. The van der Waals surface area contributed by atoms with Crippen molar-refractivity contribution in [1.29, 1.82) is 0 Å². The van der Waals surface area contributed by atoms with E-state index >= 15 is 0 Å². The molecule has 0 bridgehead atoms. The second-order valence-electron chi connectivity index (χ2n) is 4.90. The maximum absolute atomic E-state index is 11.7. The van der Waals surface area contributed by atoms with Gasteiger partial charge in [-0.2, -0.15) is 0 Å². The van der Waals surface area contributed by atoms with E-state index in [2.05, 4.69) is 0 Å². The van der Waals surface area contributed by atoms with Crippen molar-refractivity contribution >= 4 is 17.6 Å². The number of rotatable bonds is 3. The summed E-state index contributed by atoms with van der Waals surface area (Å²) in [7, 11) is 1.57. The predicted octanol–water partition coefficient (Wildman–Crippen LogP) is 3.55. The van der Waals surface area contributed by atoms with Crippen molar-refractivity contribution in [1.82, 2.24) is 0 Å². The lowest BCUT2D eigenvalue weighted by Gasteiger charge is -2.27. The number of hydrogen-bond donors (Lipinski definition) is 1. The smallest absolute Gasteiger partial charge is 0.314 e. The van der Waals surface area contributed by atoms with E-state index < -0.39 is 11.4 Å². The van der Waals surface area contributed by atoms with Crippen molar-refractivity contribution in [3.05, 3.63) is 28.3 Å². The van der Waals surface area contributed by atoms with Crippen LogP contribution in [0.2, 0.25) is 5.02 Å². The molecule has 0 heterocycles. The second-order valence-corrected chi connectivity index (χ2v) is 5.33. The molecule has 0 amide bonds. The van der Waals surface area contributed by atoms with E-state index in [-0.39, 0.29) is 0 Å². The molecule has 3 nitrogen and oxygen atoms in total. The molecular weight excluding hydrogens is 252 g/mol. The highest BCUT2D eigenvalue weighted by Crippen LogP contribution is 2.46. The Labute approximate surface area is 112 Å². The van der Waals surface area contributed by atoms with Gasteiger partial charge in [-0.3, -0.25) is 4.79 Å². The molecule has 1 aliphatic rings. The van der Waals surface area contributed by atoms with E-state index in [4.69, 9.17) is 16.3 Å². The number of hydrogen-bond acceptors (Lipinski definition) is 2. The minimum atomic E-state index is -0.832. The van der Waals surface area contributed by atoms with Gasteiger partial charge in [0.2, 0.25) is 0 Å². The van der Waals surface area contributed by atoms with Crippen LogP contribution < -0.4 is 4.74 Å². The highest BCUT2D eigenvalue weighted by atomic mass is 35.5. The van der Waals surface area contributed by atoms with Crippen molar-refractivity contribution in [2.75, 3.05) is 7.11 Å². The van der Waals surface area contributed by atoms with Crippen LogP contribution in [0.25, 0.3) is 0 Å². The topological polar surface area (TPSA) is 46.5 Å². The predicted molar refractivity (Wildman–Crippen MR) is 70.5 cm³/mol. The number of aryl methyl sites for hydroxylation is 1. The average Bonchev–Trinajstić information content (AvgIpc) is 2.78. The van der Waals surface area contributed by atoms with Crippen LogP contribution in [0.3, 0.4) is 0 Å². The summed E-state index contributed by atoms with van der Waals surface area (Å²) < 4.78 is 5.40. The van der Waals surface area contributed by atoms with E-state index in [1.165, 1.54) is 0 Å². The van der Waals surface area contributed by atoms with Crippen LogP contribution in [0, 0.1) is 6.92 Å². The molecule has 1 fully saturated rings. The lowest BCUT2D eigenvalue weighted by atomic mass is 9.78. The average molecular weight is 269 g/mol. The van der Waals surface area contributed by atoms with Gasteiger partial charge in [0.05, 0.1) is 12.5 Å². The van der Waals surface area contributed by atoms with Crippen LogP contribution in [0.15, 0.2) is 12.1 Å². The van der Waals surface area contributed by atoms with Gasteiger partial charge in [0.15, 0.2) is 0 Å². The van der Waals surface area contributed by atoms with Gasteiger partial charge in [-0.05, 0) is 37.5 Å². The third kappa shape index (κ3) is 1.97. The van der Waals surface area contributed by atoms with E-state index in [0.29, 0.717) is 23.6 Å². The Bertz CT molecular complexity index is 476. The molecule has 0 aromatic heterocycles. The standard InChI is InChI=1S/C14H17ClO3/c1-9-7-10(15)8-11(12(9)18-2)14(13(16)17)5-3-4-6-14/h7-8H,3-6H2,1-2H3,(H,16,17). The number of benzene rings is 1. The van der Waals surface area contributed by atoms with E-state index in [9.17, 15) is 9.90 Å². The third-order valence-electron chi connectivity index (χ3n) is 3.83. The number of carboxylic acid groups (broad SMARTS) is 1. The third-order valence-corrected chi connectivity index (χ3v) is 4.04. The Hall–Kier alpha value is -1.22. The number of halogens is 1. The zero-order valence-corrected chi connectivity index (χ0v) is 11.4. The van der Waals surface area contributed by atoms with Crippen LogP contribution in [-0.4, -0.2) is 18.2 Å². The molecule has 0 saturated heterocycles. The molecule has 4 heteroatoms. The molecule has 18 heavy (non-hydrogen) atoms. The molecule has 2 rings (SSSR count). The quantitative estimate of drug-likeness (QED) is 0.912. The molecule has 0 unspecified atom stereocenters. The van der Waals surface area contributed by atoms with Crippen molar-refractivity contribution < 1.29 is 14.6 Å². The zero-order chi connectivity index (χ0) is 13.3. The molecule has 1 aromatic rings. The number of methoxy groups -OCH3 is 1. The van der Waals surface area contributed by atoms with Gasteiger partial charge in [-0.25, -0.2) is 0 Å². The second kappa shape index (κ2) is 4.81. The molecule has 0 spiro atoms. The van der Waals surface area contributed by atoms with Crippen LogP contribution >= 0.6 is 11.6 Å². The van der Waals surface area contributed by atoms with Gasteiger partial charge in [0.1, 0.15) is 5.75 Å². The molecule has 98 valence electrons. The molecule has 0 atom stereocenters. The van der Waals surface area contributed by atoms with Crippen LogP contribution in [-0.2, 0) is 10.2 Å². The Kier molecular flexibility index (Phi) is 3.53. The lowest BCUT2D eigenvalue weighted by Crippen LogP contribution is -2.33. The Morgan fingerprint density at radius 2 is 2.00 bits per heavy atom. The summed E-state index contributed by atoms with van der Waals surface area (Å²) in [5.74, 6) is -0.122. The maximum Gasteiger partial charge on any atom is 0.314 e. The number of ether oxygens (including phenoxy) is 1. The fourth-order valence-corrected chi connectivity index (χ4v) is 3.21. The molecule has 1 N–H and O–H groups in total. The van der Waals surface area contributed by atoms with Crippen molar-refractivity contribution in [2.24, 2.45) is 0 Å². The van der Waals surface area contributed by atoms with Crippen LogP contribution in [0.4, 0.5) is 0 Å². The Balaban J connectivity index is 2.64. The van der Waals surface area contributed by atoms with Crippen molar-refractivity contribution in [3.63, 3.8) is 0 Å². The summed E-state index contributed by atoms with van der Waals surface area (Å²) in [5.41, 5.74) is 0.772. The van der Waals surface area contributed by atoms with Gasteiger partial charge in [-0.1, -0.05) is 24.4 Å². The highest BCUT2D eigenvalue weighted by molar-refractivity contribution is 6.30. The summed E-state index contributed by atoms with van der Waals surface area (Å²) in [5, 5.41) is 10.2. The van der Waals surface area contributed by atoms with Crippen LogP contribution in [0.1, 0.15) is 36.8 Å². The molecule has 0 radical (unpaired) electrons. The first kappa shape index (κ1) is 13.2. The minimum absolute atomic E-state index is 0.566. The largest absolute Gasteiger partial charge is 0.496 e. The Morgan fingerprint density at radius 3 is 2.50 bits per heavy atom. The summed E-state index contributed by atoms with van der Waals surface area (Å²) in [6, 6.07) is 3.54. The molecule has 1 aliphatic carbocycles. The SMILES string of the molecule is COc1c(C)cc(Cl)cc1C1(C(=O)O)CCCC1. The van der Waals surface area contributed by atoms with Gasteiger partial charge < -0.3 is 9.84 Å². The zero-order valence-electron chi connectivity index (χ0n) is 10.6. The number of carboxylic acids is 1. The van der Waals surface area contributed by atoms with E-state index in [1.54, 1.807) is 19.2 Å². The fraction of sp³-hybridized carbons (Fsp3) is 0.500. The molecule has 1 aromatic carbocycles. The monoisotopic (exact) mass is 268 g/mol. The van der Waals surface area contributed by atoms with E-state index in [0.717, 1.165) is 24.0 Å². The van der Waals surface area contributed by atoms with Gasteiger partial charge >= 0.3 is 5.97 Å². The Morgan fingerprint density at radius 1 is 1.39 bits per heavy atom. The first-order valence-corrected chi connectivity index (χ1v) is 6.47. The summed E-state index contributed by atoms with van der Waals surface area (Å²) >= 11 is 6.08. The van der Waals surface area contributed by atoms with Gasteiger partial charge in [0.25, 0.3) is 0 Å². The normalized spacial score (nSPS) is 17.7. The summed E-state index contributed by atoms with van der Waals surface area (Å²) in [6.07, 6.45) is 3.17. The maximum atomic E-state index is 11.7. The number of carbonyl (C=O) groups is 1. The fourth-order valence-electron chi connectivity index (χ4n) is 2.93. The molecular formula is C14H17ClO3. The summed E-state index contributed by atoms with van der Waals surface area (Å²) in [4.78, 5) is 11.7. The van der Waals surface area contributed by atoms with Crippen molar-refractivity contribution in [3.8, 4) is 5.75 Å². The first-order valence-electron chi connectivity index (χ1n) is 6.09. The van der Waals surface area contributed by atoms with Crippen LogP contribution in [0.5, 0.6) is 5.75 Å². The highest BCUT2D eigenvalue weighted by Gasteiger charge is 2.45. The van der Waals surface area contributed by atoms with E-state index in [1.807, 2.05) is 6.92 Å². The lowest BCUT2D eigenvalue weighted by molar-refractivity contribution is -0.143. The first-order chi connectivity index (χ1) is 8.51. The molecule has 1 saturated carbocycles. The van der Waals surface area contributed by atoms with Gasteiger partial charge in [0, 0.05) is 10.6 Å².